The smallest absolute Gasteiger partial charge is 0.352 e. The average Bonchev–Trinajstić information content (AvgIpc) is 2.89. The van der Waals surface area contributed by atoms with Gasteiger partial charge in [-0.3, -0.25) is 4.79 Å². The Kier molecular flexibility index (Phi) is 5.62. The highest BCUT2D eigenvalue weighted by Crippen LogP contribution is 2.27. The van der Waals surface area contributed by atoms with Crippen molar-refractivity contribution in [2.24, 2.45) is 0 Å². The van der Waals surface area contributed by atoms with Gasteiger partial charge < -0.3 is 20.1 Å². The van der Waals surface area contributed by atoms with Gasteiger partial charge in [-0.25, -0.2) is 4.79 Å². The lowest BCUT2D eigenvalue weighted by atomic mass is 10.1. The second-order valence-corrected chi connectivity index (χ2v) is 5.30. The van der Waals surface area contributed by atoms with E-state index in [1.807, 2.05) is 13.8 Å². The van der Waals surface area contributed by atoms with Crippen molar-refractivity contribution >= 4 is 22.8 Å². The van der Waals surface area contributed by atoms with Gasteiger partial charge in [0.2, 0.25) is 5.91 Å². The minimum absolute atomic E-state index is 0.0708. The minimum Gasteiger partial charge on any atom is -0.494 e. The molecular formula is C17H22N2O4. The number of benzene rings is 1. The van der Waals surface area contributed by atoms with Crippen molar-refractivity contribution in [2.75, 3.05) is 6.61 Å². The van der Waals surface area contributed by atoms with E-state index in [1.165, 1.54) is 0 Å². The molecule has 2 aromatic rings. The molecule has 0 saturated heterocycles. The van der Waals surface area contributed by atoms with E-state index < -0.39 is 5.97 Å². The van der Waals surface area contributed by atoms with Crippen LogP contribution in [0.2, 0.25) is 0 Å². The molecule has 0 spiro atoms. The molecule has 1 aromatic heterocycles. The van der Waals surface area contributed by atoms with E-state index in [0.29, 0.717) is 29.9 Å². The summed E-state index contributed by atoms with van der Waals surface area (Å²) in [7, 11) is 0. The Balaban J connectivity index is 2.30. The van der Waals surface area contributed by atoms with Gasteiger partial charge in [0.05, 0.1) is 6.61 Å². The van der Waals surface area contributed by atoms with Gasteiger partial charge in [0.1, 0.15) is 11.4 Å². The highest BCUT2D eigenvalue weighted by Gasteiger charge is 2.18. The molecule has 124 valence electrons. The standard InChI is InChI=1S/C17H22N2O4/c1-3-5-6-15(20)18-10-13-12-9-11(23-4-2)7-8-14(12)19-16(13)17(21)22/h7-9,19H,3-6,10H2,1-2H3,(H,18,20)(H,21,22). The predicted octanol–water partition coefficient (Wildman–Crippen LogP) is 3.07. The van der Waals surface area contributed by atoms with Gasteiger partial charge in [0, 0.05) is 29.4 Å². The van der Waals surface area contributed by atoms with Crippen LogP contribution in [0.15, 0.2) is 18.2 Å². The lowest BCUT2D eigenvalue weighted by Crippen LogP contribution is -2.23. The van der Waals surface area contributed by atoms with Crippen LogP contribution in [0.4, 0.5) is 0 Å². The van der Waals surface area contributed by atoms with Crippen molar-refractivity contribution in [3.63, 3.8) is 0 Å². The number of hydrogen-bond acceptors (Lipinski definition) is 3. The largest absolute Gasteiger partial charge is 0.494 e. The minimum atomic E-state index is -1.04. The SMILES string of the molecule is CCCCC(=O)NCc1c(C(=O)O)[nH]c2ccc(OCC)cc12. The average molecular weight is 318 g/mol. The Morgan fingerprint density at radius 3 is 2.74 bits per heavy atom. The van der Waals surface area contributed by atoms with Gasteiger partial charge in [-0.1, -0.05) is 13.3 Å². The van der Waals surface area contributed by atoms with E-state index in [0.717, 1.165) is 18.2 Å². The molecular weight excluding hydrogens is 296 g/mol. The number of carbonyl (C=O) groups is 2. The van der Waals surface area contributed by atoms with Gasteiger partial charge in [0.15, 0.2) is 0 Å². The van der Waals surface area contributed by atoms with Crippen molar-refractivity contribution in [1.29, 1.82) is 0 Å². The van der Waals surface area contributed by atoms with Crippen LogP contribution < -0.4 is 10.1 Å². The summed E-state index contributed by atoms with van der Waals surface area (Å²) in [6, 6.07) is 5.38. The predicted molar refractivity (Wildman–Crippen MR) is 87.8 cm³/mol. The lowest BCUT2D eigenvalue weighted by Gasteiger charge is -2.06. The molecule has 0 radical (unpaired) electrons. The summed E-state index contributed by atoms with van der Waals surface area (Å²) in [6.07, 6.45) is 2.21. The zero-order valence-electron chi connectivity index (χ0n) is 13.4. The summed E-state index contributed by atoms with van der Waals surface area (Å²) >= 11 is 0. The van der Waals surface area contributed by atoms with E-state index in [2.05, 4.69) is 10.3 Å². The van der Waals surface area contributed by atoms with E-state index in [-0.39, 0.29) is 18.1 Å². The highest BCUT2D eigenvalue weighted by atomic mass is 16.5. The van der Waals surface area contributed by atoms with Crippen molar-refractivity contribution in [3.8, 4) is 5.75 Å². The van der Waals surface area contributed by atoms with Crippen molar-refractivity contribution in [3.05, 3.63) is 29.5 Å². The van der Waals surface area contributed by atoms with Gasteiger partial charge in [-0.2, -0.15) is 0 Å². The third-order valence-corrected chi connectivity index (χ3v) is 3.62. The normalized spacial score (nSPS) is 10.7. The van der Waals surface area contributed by atoms with Gasteiger partial charge in [-0.05, 0) is 31.5 Å². The Hall–Kier alpha value is -2.50. The first-order valence-electron chi connectivity index (χ1n) is 7.84. The maximum absolute atomic E-state index is 11.8. The van der Waals surface area contributed by atoms with E-state index >= 15 is 0 Å². The lowest BCUT2D eigenvalue weighted by molar-refractivity contribution is -0.121. The van der Waals surface area contributed by atoms with Crippen LogP contribution in [0.25, 0.3) is 10.9 Å². The molecule has 0 unspecified atom stereocenters. The van der Waals surface area contributed by atoms with Gasteiger partial charge in [-0.15, -0.1) is 0 Å². The number of ether oxygens (including phenoxy) is 1. The molecule has 0 bridgehead atoms. The molecule has 0 atom stereocenters. The number of hydrogen-bond donors (Lipinski definition) is 3. The second kappa shape index (κ2) is 7.67. The number of H-pyrrole nitrogens is 1. The molecule has 23 heavy (non-hydrogen) atoms. The Labute approximate surface area is 134 Å². The Morgan fingerprint density at radius 2 is 2.09 bits per heavy atom. The number of aromatic amines is 1. The molecule has 2 rings (SSSR count). The van der Waals surface area contributed by atoms with Gasteiger partial charge >= 0.3 is 5.97 Å². The van der Waals surface area contributed by atoms with Crippen LogP contribution in [0.5, 0.6) is 5.75 Å². The molecule has 1 amide bonds. The molecule has 6 heteroatoms. The fourth-order valence-corrected chi connectivity index (χ4v) is 2.46. The van der Waals surface area contributed by atoms with Crippen LogP contribution in [-0.2, 0) is 11.3 Å². The monoisotopic (exact) mass is 318 g/mol. The van der Waals surface area contributed by atoms with Crippen LogP contribution >= 0.6 is 0 Å². The van der Waals surface area contributed by atoms with Gasteiger partial charge in [0.25, 0.3) is 0 Å². The molecule has 0 aliphatic heterocycles. The summed E-state index contributed by atoms with van der Waals surface area (Å²) in [5.41, 5.74) is 1.38. The Bertz CT molecular complexity index is 706. The highest BCUT2D eigenvalue weighted by molar-refractivity contribution is 5.98. The van der Waals surface area contributed by atoms with Crippen LogP contribution in [-0.4, -0.2) is 28.6 Å². The number of amides is 1. The maximum Gasteiger partial charge on any atom is 0.352 e. The first-order valence-corrected chi connectivity index (χ1v) is 7.84. The van der Waals surface area contributed by atoms with Crippen LogP contribution in [0, 0.1) is 0 Å². The molecule has 6 nitrogen and oxygen atoms in total. The summed E-state index contributed by atoms with van der Waals surface area (Å²) in [5.74, 6) is -0.440. The first kappa shape index (κ1) is 16.9. The number of carboxylic acids is 1. The summed E-state index contributed by atoms with van der Waals surface area (Å²) in [6.45, 7) is 4.62. The number of aromatic nitrogens is 1. The third-order valence-electron chi connectivity index (χ3n) is 3.62. The topological polar surface area (TPSA) is 91.4 Å². The fourth-order valence-electron chi connectivity index (χ4n) is 2.46. The fraction of sp³-hybridized carbons (Fsp3) is 0.412. The number of fused-ring (bicyclic) bond motifs is 1. The number of aromatic carboxylic acids is 1. The number of unbranched alkanes of at least 4 members (excludes halogenated alkanes) is 1. The molecule has 1 aromatic carbocycles. The zero-order chi connectivity index (χ0) is 16.8. The van der Waals surface area contributed by atoms with Crippen molar-refractivity contribution in [2.45, 2.75) is 39.7 Å². The number of nitrogens with one attached hydrogen (secondary N) is 2. The Morgan fingerprint density at radius 1 is 1.30 bits per heavy atom. The van der Waals surface area contributed by atoms with Crippen LogP contribution in [0.1, 0.15) is 49.2 Å². The molecule has 0 fully saturated rings. The molecule has 0 aliphatic carbocycles. The van der Waals surface area contributed by atoms with Crippen molar-refractivity contribution in [1.82, 2.24) is 10.3 Å². The molecule has 0 saturated carbocycles. The summed E-state index contributed by atoms with van der Waals surface area (Å²) in [4.78, 5) is 26.1. The number of carbonyl (C=O) groups excluding carboxylic acids is 1. The van der Waals surface area contributed by atoms with E-state index in [1.54, 1.807) is 18.2 Å². The van der Waals surface area contributed by atoms with Crippen LogP contribution in [0.3, 0.4) is 0 Å². The quantitative estimate of drug-likeness (QED) is 0.697. The summed E-state index contributed by atoms with van der Waals surface area (Å²) < 4.78 is 5.47. The molecule has 1 heterocycles. The zero-order valence-corrected chi connectivity index (χ0v) is 13.4. The first-order chi connectivity index (χ1) is 11.1. The van der Waals surface area contributed by atoms with E-state index in [9.17, 15) is 14.7 Å². The van der Waals surface area contributed by atoms with E-state index in [4.69, 9.17) is 4.74 Å². The summed E-state index contributed by atoms with van der Waals surface area (Å²) in [5, 5.41) is 12.9. The number of carboxylic acid groups (broad SMARTS) is 1. The maximum atomic E-state index is 11.8. The second-order valence-electron chi connectivity index (χ2n) is 5.30. The molecule has 3 N–H and O–H groups in total. The molecule has 0 aliphatic rings. The third kappa shape index (κ3) is 4.03. The number of rotatable bonds is 8. The van der Waals surface area contributed by atoms with Crippen molar-refractivity contribution < 1.29 is 19.4 Å².